The summed E-state index contributed by atoms with van der Waals surface area (Å²) in [5, 5.41) is 3.32. The number of ether oxygens (including phenoxy) is 1. The lowest BCUT2D eigenvalue weighted by molar-refractivity contribution is 0.138. The minimum atomic E-state index is -0.540. The quantitative estimate of drug-likeness (QED) is 0.674. The summed E-state index contributed by atoms with van der Waals surface area (Å²) in [4.78, 5) is 37.5. The average molecular weight is 426 g/mol. The van der Waals surface area contributed by atoms with E-state index in [2.05, 4.69) is 20.3 Å². The molecule has 1 aliphatic heterocycles. The Morgan fingerprint density at radius 2 is 2.13 bits per heavy atom. The summed E-state index contributed by atoms with van der Waals surface area (Å²) in [5.74, 6) is 0.551. The van der Waals surface area contributed by atoms with Crippen molar-refractivity contribution in [3.8, 4) is 11.4 Å². The Bertz CT molecular complexity index is 1100. The van der Waals surface area contributed by atoms with Crippen molar-refractivity contribution in [1.82, 2.24) is 24.8 Å². The summed E-state index contributed by atoms with van der Waals surface area (Å²) in [5.41, 5.74) is 1.70. The summed E-state index contributed by atoms with van der Waals surface area (Å²) >= 11 is 6.08. The molecule has 2 aromatic heterocycles. The fourth-order valence-electron chi connectivity index (χ4n) is 3.47. The van der Waals surface area contributed by atoms with E-state index in [1.165, 1.54) is 12.4 Å². The zero-order chi connectivity index (χ0) is 20.9. The maximum Gasteiger partial charge on any atom is 0.407 e. The van der Waals surface area contributed by atoms with Crippen LogP contribution in [0.1, 0.15) is 30.1 Å². The number of halogens is 1. The van der Waals surface area contributed by atoms with Gasteiger partial charge in [-0.05, 0) is 25.0 Å². The van der Waals surface area contributed by atoms with Crippen molar-refractivity contribution < 1.29 is 9.53 Å². The highest BCUT2D eigenvalue weighted by atomic mass is 35.5. The van der Waals surface area contributed by atoms with Crippen molar-refractivity contribution >= 4 is 17.7 Å². The number of nitrogens with zero attached hydrogens (tertiary/aromatic N) is 4. The molecule has 0 spiro atoms. The van der Waals surface area contributed by atoms with Crippen LogP contribution >= 0.6 is 11.6 Å². The molecular formula is C21H20ClN5O3. The predicted octanol–water partition coefficient (Wildman–Crippen LogP) is 3.16. The SMILES string of the molecule is O=C(NCC1CCCn2c1nc(-c1ccncn1)cc2=O)OCc1ccccc1Cl. The van der Waals surface area contributed by atoms with E-state index in [1.807, 2.05) is 12.1 Å². The predicted molar refractivity (Wildman–Crippen MR) is 111 cm³/mol. The summed E-state index contributed by atoms with van der Waals surface area (Å²) in [6, 6.07) is 10.4. The van der Waals surface area contributed by atoms with Crippen LogP contribution < -0.4 is 10.9 Å². The van der Waals surface area contributed by atoms with E-state index in [1.54, 1.807) is 29.0 Å². The molecule has 154 valence electrons. The van der Waals surface area contributed by atoms with Crippen molar-refractivity contribution in [3.05, 3.63) is 75.7 Å². The number of aromatic nitrogens is 4. The van der Waals surface area contributed by atoms with Gasteiger partial charge in [-0.15, -0.1) is 0 Å². The Morgan fingerprint density at radius 1 is 1.27 bits per heavy atom. The lowest BCUT2D eigenvalue weighted by Crippen LogP contribution is -2.36. The second-order valence-electron chi connectivity index (χ2n) is 6.97. The fourth-order valence-corrected chi connectivity index (χ4v) is 3.66. The van der Waals surface area contributed by atoms with Crippen LogP contribution in [0, 0.1) is 0 Å². The van der Waals surface area contributed by atoms with Gasteiger partial charge in [-0.2, -0.15) is 0 Å². The Kier molecular flexibility index (Phi) is 6.04. The Labute approximate surface area is 177 Å². The van der Waals surface area contributed by atoms with E-state index in [9.17, 15) is 9.59 Å². The summed E-state index contributed by atoms with van der Waals surface area (Å²) in [6.07, 6.45) is 4.13. The molecule has 3 aromatic rings. The van der Waals surface area contributed by atoms with Gasteiger partial charge in [-0.25, -0.2) is 19.7 Å². The summed E-state index contributed by atoms with van der Waals surface area (Å²) < 4.78 is 6.93. The minimum Gasteiger partial charge on any atom is -0.445 e. The van der Waals surface area contributed by atoms with Gasteiger partial charge >= 0.3 is 6.09 Å². The molecule has 1 aromatic carbocycles. The third-order valence-electron chi connectivity index (χ3n) is 4.99. The molecule has 0 bridgehead atoms. The average Bonchev–Trinajstić information content (AvgIpc) is 2.77. The second-order valence-corrected chi connectivity index (χ2v) is 7.38. The molecule has 0 fully saturated rings. The van der Waals surface area contributed by atoms with E-state index in [4.69, 9.17) is 16.3 Å². The number of rotatable bonds is 5. The van der Waals surface area contributed by atoms with Crippen molar-refractivity contribution in [3.63, 3.8) is 0 Å². The molecule has 30 heavy (non-hydrogen) atoms. The number of hydrogen-bond donors (Lipinski definition) is 1. The number of carbonyl (C=O) groups excluding carboxylic acids is 1. The topological polar surface area (TPSA) is 99.0 Å². The molecule has 8 nitrogen and oxygen atoms in total. The molecule has 1 N–H and O–H groups in total. The number of nitrogens with one attached hydrogen (secondary N) is 1. The molecule has 1 unspecified atom stereocenters. The molecule has 1 aliphatic rings. The fraction of sp³-hybridized carbons (Fsp3) is 0.286. The lowest BCUT2D eigenvalue weighted by atomic mass is 9.98. The first-order valence-corrected chi connectivity index (χ1v) is 10.0. The monoisotopic (exact) mass is 425 g/mol. The van der Waals surface area contributed by atoms with Crippen LogP contribution in [0.5, 0.6) is 0 Å². The van der Waals surface area contributed by atoms with Crippen LogP contribution in [-0.2, 0) is 17.9 Å². The first kappa shape index (κ1) is 20.0. The molecule has 1 atom stereocenters. The van der Waals surface area contributed by atoms with Gasteiger partial charge in [0.05, 0.1) is 11.4 Å². The van der Waals surface area contributed by atoms with Crippen LogP contribution in [0.4, 0.5) is 4.79 Å². The highest BCUT2D eigenvalue weighted by Gasteiger charge is 2.24. The molecule has 4 rings (SSSR count). The Hall–Kier alpha value is -3.26. The maximum absolute atomic E-state index is 12.6. The van der Waals surface area contributed by atoms with E-state index >= 15 is 0 Å². The normalized spacial score (nSPS) is 15.3. The smallest absolute Gasteiger partial charge is 0.407 e. The van der Waals surface area contributed by atoms with Gasteiger partial charge in [0.1, 0.15) is 18.8 Å². The van der Waals surface area contributed by atoms with Crippen molar-refractivity contribution in [2.75, 3.05) is 6.54 Å². The summed E-state index contributed by atoms with van der Waals surface area (Å²) in [6.45, 7) is 1.02. The van der Waals surface area contributed by atoms with Gasteiger partial charge in [0.15, 0.2) is 0 Å². The molecule has 3 heterocycles. The van der Waals surface area contributed by atoms with Gasteiger partial charge in [0.25, 0.3) is 5.56 Å². The zero-order valence-electron chi connectivity index (χ0n) is 16.1. The standard InChI is InChI=1S/C21H20ClN5O3/c22-16-6-2-1-4-15(16)12-30-21(29)24-11-14-5-3-9-27-19(28)10-18(26-20(14)27)17-7-8-23-13-25-17/h1-2,4,6-8,10,13-14H,3,5,9,11-12H2,(H,24,29). The number of hydrogen-bond acceptors (Lipinski definition) is 6. The number of fused-ring (bicyclic) bond motifs is 1. The Morgan fingerprint density at radius 3 is 2.93 bits per heavy atom. The zero-order valence-corrected chi connectivity index (χ0v) is 16.9. The highest BCUT2D eigenvalue weighted by molar-refractivity contribution is 6.31. The summed E-state index contributed by atoms with van der Waals surface area (Å²) in [7, 11) is 0. The molecule has 0 radical (unpaired) electrons. The van der Waals surface area contributed by atoms with Crippen LogP contribution in [0.3, 0.4) is 0 Å². The number of carbonyl (C=O) groups is 1. The van der Waals surface area contributed by atoms with Gasteiger partial charge in [-0.1, -0.05) is 29.8 Å². The molecule has 9 heteroatoms. The maximum atomic E-state index is 12.6. The molecule has 0 aliphatic carbocycles. The van der Waals surface area contributed by atoms with Gasteiger partial charge in [-0.3, -0.25) is 9.36 Å². The van der Waals surface area contributed by atoms with Gasteiger partial charge in [0, 0.05) is 41.9 Å². The number of benzene rings is 1. The third-order valence-corrected chi connectivity index (χ3v) is 5.36. The number of amides is 1. The first-order chi connectivity index (χ1) is 14.6. The molecule has 0 saturated carbocycles. The van der Waals surface area contributed by atoms with Crippen LogP contribution in [-0.4, -0.2) is 32.2 Å². The molecule has 1 amide bonds. The first-order valence-electron chi connectivity index (χ1n) is 9.64. The van der Waals surface area contributed by atoms with Crippen molar-refractivity contribution in [1.29, 1.82) is 0 Å². The van der Waals surface area contributed by atoms with E-state index in [-0.39, 0.29) is 18.1 Å². The highest BCUT2D eigenvalue weighted by Crippen LogP contribution is 2.25. The Balaban J connectivity index is 1.45. The van der Waals surface area contributed by atoms with Crippen molar-refractivity contribution in [2.45, 2.75) is 31.9 Å². The van der Waals surface area contributed by atoms with Gasteiger partial charge < -0.3 is 10.1 Å². The number of alkyl carbamates (subject to hydrolysis) is 1. The van der Waals surface area contributed by atoms with Crippen LogP contribution in [0.2, 0.25) is 5.02 Å². The largest absolute Gasteiger partial charge is 0.445 e. The minimum absolute atomic E-state index is 0.0856. The van der Waals surface area contributed by atoms with E-state index < -0.39 is 6.09 Å². The molecule has 0 saturated heterocycles. The van der Waals surface area contributed by atoms with E-state index in [0.29, 0.717) is 35.3 Å². The van der Waals surface area contributed by atoms with Crippen LogP contribution in [0.15, 0.2) is 53.7 Å². The molecular weight excluding hydrogens is 406 g/mol. The lowest BCUT2D eigenvalue weighted by Gasteiger charge is -2.26. The van der Waals surface area contributed by atoms with Crippen molar-refractivity contribution in [2.24, 2.45) is 0 Å². The third kappa shape index (κ3) is 4.49. The van der Waals surface area contributed by atoms with Gasteiger partial charge in [0.2, 0.25) is 0 Å². The van der Waals surface area contributed by atoms with E-state index in [0.717, 1.165) is 18.4 Å². The second kappa shape index (κ2) is 9.04. The van der Waals surface area contributed by atoms with Crippen LogP contribution in [0.25, 0.3) is 11.4 Å².